The third-order valence-corrected chi connectivity index (χ3v) is 3.99. The fourth-order valence-electron chi connectivity index (χ4n) is 2.96. The van der Waals surface area contributed by atoms with Crippen molar-refractivity contribution in [2.75, 3.05) is 0 Å². The molecule has 4 heteroatoms. The van der Waals surface area contributed by atoms with Crippen molar-refractivity contribution in [3.05, 3.63) is 72.3 Å². The van der Waals surface area contributed by atoms with Crippen molar-refractivity contribution in [2.24, 2.45) is 0 Å². The number of rotatable bonds is 1. The maximum atomic E-state index is 13.0. The van der Waals surface area contributed by atoms with Crippen molar-refractivity contribution in [1.82, 2.24) is 4.57 Å². The van der Waals surface area contributed by atoms with Crippen molar-refractivity contribution in [3.63, 3.8) is 0 Å². The molecule has 0 aliphatic heterocycles. The maximum absolute atomic E-state index is 13.0. The number of carbonyl (C=O) groups excluding carboxylic acids is 1. The van der Waals surface area contributed by atoms with Crippen LogP contribution in [-0.4, -0.2) is 20.7 Å². The quantitative estimate of drug-likeness (QED) is 0.560. The van der Waals surface area contributed by atoms with Gasteiger partial charge in [0, 0.05) is 16.8 Å². The first kappa shape index (κ1) is 13.4. The van der Waals surface area contributed by atoms with E-state index in [0.29, 0.717) is 0 Å². The van der Waals surface area contributed by atoms with Gasteiger partial charge < -0.3 is 10.2 Å². The highest BCUT2D eigenvalue weighted by molar-refractivity contribution is 6.16. The molecule has 1 heterocycles. The number of benzene rings is 3. The molecule has 0 unspecified atom stereocenters. The number of fused-ring (bicyclic) bond motifs is 3. The van der Waals surface area contributed by atoms with Gasteiger partial charge in [-0.1, -0.05) is 36.4 Å². The Labute approximate surface area is 131 Å². The lowest BCUT2D eigenvalue weighted by Gasteiger charge is -2.08. The second-order valence-corrected chi connectivity index (χ2v) is 5.38. The minimum Gasteiger partial charge on any atom is -0.508 e. The second-order valence-electron chi connectivity index (χ2n) is 5.38. The van der Waals surface area contributed by atoms with Gasteiger partial charge in [-0.15, -0.1) is 0 Å². The Morgan fingerprint density at radius 3 is 1.91 bits per heavy atom. The molecule has 0 bridgehead atoms. The third-order valence-electron chi connectivity index (χ3n) is 3.99. The molecule has 112 valence electrons. The SMILES string of the molecule is O=C(c1ccc(O)cc1O)n1c2ccccc2c2ccccc21. The highest BCUT2D eigenvalue weighted by atomic mass is 16.3. The monoisotopic (exact) mass is 303 g/mol. The molecular weight excluding hydrogens is 290 g/mol. The van der Waals surface area contributed by atoms with Gasteiger partial charge in [-0.3, -0.25) is 9.36 Å². The molecule has 0 saturated heterocycles. The van der Waals surface area contributed by atoms with Gasteiger partial charge in [0.15, 0.2) is 0 Å². The fourth-order valence-corrected chi connectivity index (χ4v) is 2.96. The normalized spacial score (nSPS) is 11.1. The summed E-state index contributed by atoms with van der Waals surface area (Å²) in [7, 11) is 0. The summed E-state index contributed by atoms with van der Waals surface area (Å²) in [4.78, 5) is 13.0. The Hall–Kier alpha value is -3.27. The lowest BCUT2D eigenvalue weighted by atomic mass is 10.1. The van der Waals surface area contributed by atoms with Crippen LogP contribution in [0.1, 0.15) is 10.4 Å². The van der Waals surface area contributed by atoms with Crippen molar-refractivity contribution in [3.8, 4) is 11.5 Å². The van der Waals surface area contributed by atoms with Gasteiger partial charge in [-0.2, -0.15) is 0 Å². The molecule has 4 rings (SSSR count). The van der Waals surface area contributed by atoms with E-state index in [0.717, 1.165) is 21.8 Å². The largest absolute Gasteiger partial charge is 0.508 e. The zero-order chi connectivity index (χ0) is 16.0. The number of phenolic OH excluding ortho intramolecular Hbond substituents is 2. The molecular formula is C19H13NO3. The zero-order valence-electron chi connectivity index (χ0n) is 12.1. The fraction of sp³-hybridized carbons (Fsp3) is 0. The van der Waals surface area contributed by atoms with Crippen LogP contribution in [0.5, 0.6) is 11.5 Å². The van der Waals surface area contributed by atoms with Crippen molar-refractivity contribution < 1.29 is 15.0 Å². The molecule has 23 heavy (non-hydrogen) atoms. The molecule has 0 radical (unpaired) electrons. The number of aromatic hydroxyl groups is 2. The van der Waals surface area contributed by atoms with Crippen molar-refractivity contribution in [2.45, 2.75) is 0 Å². The van der Waals surface area contributed by atoms with Crippen LogP contribution < -0.4 is 0 Å². The van der Waals surface area contributed by atoms with E-state index >= 15 is 0 Å². The molecule has 0 aliphatic carbocycles. The van der Waals surface area contributed by atoms with E-state index in [1.165, 1.54) is 18.2 Å². The van der Waals surface area contributed by atoms with Crippen LogP contribution in [0.25, 0.3) is 21.8 Å². The lowest BCUT2D eigenvalue weighted by molar-refractivity contribution is 0.0967. The Morgan fingerprint density at radius 1 is 0.783 bits per heavy atom. The van der Waals surface area contributed by atoms with Gasteiger partial charge >= 0.3 is 0 Å². The van der Waals surface area contributed by atoms with Gasteiger partial charge in [-0.05, 0) is 24.3 Å². The minimum absolute atomic E-state index is 0.0822. The first-order valence-corrected chi connectivity index (χ1v) is 7.21. The molecule has 4 nitrogen and oxygen atoms in total. The zero-order valence-corrected chi connectivity index (χ0v) is 12.1. The van der Waals surface area contributed by atoms with Crippen LogP contribution >= 0.6 is 0 Å². The Bertz CT molecular complexity index is 1010. The maximum Gasteiger partial charge on any atom is 0.266 e. The summed E-state index contributed by atoms with van der Waals surface area (Å²) in [6.45, 7) is 0. The van der Waals surface area contributed by atoms with E-state index in [1.54, 1.807) is 4.57 Å². The first-order valence-electron chi connectivity index (χ1n) is 7.21. The predicted octanol–water partition coefficient (Wildman–Crippen LogP) is 3.89. The average molecular weight is 303 g/mol. The van der Waals surface area contributed by atoms with E-state index in [4.69, 9.17) is 0 Å². The Kier molecular flexibility index (Phi) is 2.84. The average Bonchev–Trinajstić information content (AvgIpc) is 2.89. The van der Waals surface area contributed by atoms with Crippen molar-refractivity contribution in [1.29, 1.82) is 0 Å². The first-order chi connectivity index (χ1) is 11.2. The summed E-state index contributed by atoms with van der Waals surface area (Å²) in [5.41, 5.74) is 1.71. The molecule has 0 atom stereocenters. The van der Waals surface area contributed by atoms with Gasteiger partial charge in [-0.25, -0.2) is 0 Å². The van der Waals surface area contributed by atoms with E-state index < -0.39 is 0 Å². The molecule has 4 aromatic rings. The second kappa shape index (κ2) is 4.88. The molecule has 0 amide bonds. The minimum atomic E-state index is -0.333. The summed E-state index contributed by atoms with van der Waals surface area (Å²) < 4.78 is 1.59. The molecule has 1 aromatic heterocycles. The van der Waals surface area contributed by atoms with Crippen molar-refractivity contribution >= 4 is 27.7 Å². The summed E-state index contributed by atoms with van der Waals surface area (Å²) in [5.74, 6) is -0.655. The van der Waals surface area contributed by atoms with Gasteiger partial charge in [0.05, 0.1) is 16.6 Å². The summed E-state index contributed by atoms with van der Waals surface area (Å²) >= 11 is 0. The predicted molar refractivity (Wildman–Crippen MR) is 88.9 cm³/mol. The Balaban J connectivity index is 2.05. The van der Waals surface area contributed by atoms with Crippen LogP contribution in [-0.2, 0) is 0 Å². The molecule has 0 fully saturated rings. The molecule has 0 saturated carbocycles. The highest BCUT2D eigenvalue weighted by Crippen LogP contribution is 2.31. The lowest BCUT2D eigenvalue weighted by Crippen LogP contribution is -2.11. The topological polar surface area (TPSA) is 62.5 Å². The van der Waals surface area contributed by atoms with E-state index in [2.05, 4.69) is 0 Å². The molecule has 3 aromatic carbocycles. The number of carbonyl (C=O) groups is 1. The van der Waals surface area contributed by atoms with Crippen LogP contribution in [0.4, 0.5) is 0 Å². The summed E-state index contributed by atoms with van der Waals surface area (Å²) in [5, 5.41) is 21.4. The number of aromatic nitrogens is 1. The number of para-hydroxylation sites is 2. The number of phenols is 2. The van der Waals surface area contributed by atoms with E-state index in [9.17, 15) is 15.0 Å². The molecule has 0 spiro atoms. The molecule has 0 aliphatic rings. The summed E-state index contributed by atoms with van der Waals surface area (Å²) in [6, 6.07) is 19.3. The smallest absolute Gasteiger partial charge is 0.266 e. The Morgan fingerprint density at radius 2 is 1.35 bits per heavy atom. The molecule has 2 N–H and O–H groups in total. The summed E-state index contributed by atoms with van der Waals surface area (Å²) in [6.07, 6.45) is 0. The van der Waals surface area contributed by atoms with Gasteiger partial charge in [0.1, 0.15) is 11.5 Å². The van der Waals surface area contributed by atoms with E-state index in [1.807, 2.05) is 48.5 Å². The number of hydrogen-bond donors (Lipinski definition) is 2. The number of hydrogen-bond acceptors (Lipinski definition) is 3. The van der Waals surface area contributed by atoms with Crippen LogP contribution in [0.3, 0.4) is 0 Å². The van der Waals surface area contributed by atoms with E-state index in [-0.39, 0.29) is 23.0 Å². The highest BCUT2D eigenvalue weighted by Gasteiger charge is 2.19. The standard InChI is InChI=1S/C19H13NO3/c21-12-9-10-15(18(22)11-12)19(23)20-16-7-3-1-5-13(16)14-6-2-4-8-17(14)20/h1-11,21-22H. The third kappa shape index (κ3) is 1.96. The van der Waals surface area contributed by atoms with Crippen LogP contribution in [0, 0.1) is 0 Å². The van der Waals surface area contributed by atoms with Crippen LogP contribution in [0.2, 0.25) is 0 Å². The van der Waals surface area contributed by atoms with Gasteiger partial charge in [0.25, 0.3) is 5.91 Å². The number of nitrogens with zero attached hydrogens (tertiary/aromatic N) is 1. The van der Waals surface area contributed by atoms with Gasteiger partial charge in [0.2, 0.25) is 0 Å². The van der Waals surface area contributed by atoms with Crippen LogP contribution in [0.15, 0.2) is 66.7 Å².